The van der Waals surface area contributed by atoms with Gasteiger partial charge < -0.3 is 35.6 Å². The molecule has 0 saturated carbocycles. The number of methoxy groups -OCH3 is 1. The van der Waals surface area contributed by atoms with E-state index in [2.05, 4.69) is 35.7 Å². The third-order valence-corrected chi connectivity index (χ3v) is 7.94. The molecule has 0 aliphatic carbocycles. The Kier molecular flexibility index (Phi) is 10.8. The number of hydrogen-bond acceptors (Lipinski definition) is 9. The summed E-state index contributed by atoms with van der Waals surface area (Å²) in [6.45, 7) is 4.11. The van der Waals surface area contributed by atoms with Crippen LogP contribution in [0.5, 0.6) is 5.75 Å². The number of carbonyl (C=O) groups excluding carboxylic acids is 1. The lowest BCUT2D eigenvalue weighted by molar-refractivity contribution is -0.137. The van der Waals surface area contributed by atoms with Gasteiger partial charge in [0.25, 0.3) is 0 Å². The van der Waals surface area contributed by atoms with Crippen molar-refractivity contribution in [3.63, 3.8) is 0 Å². The number of hydrogen-bond donors (Lipinski definition) is 4. The van der Waals surface area contributed by atoms with Crippen LogP contribution in [0.4, 0.5) is 52.1 Å². The number of nitrogens with one attached hydrogen (secondary N) is 3. The molecule has 46 heavy (non-hydrogen) atoms. The quantitative estimate of drug-likeness (QED) is 0.129. The molecule has 1 aliphatic rings. The van der Waals surface area contributed by atoms with E-state index < -0.39 is 29.0 Å². The Morgan fingerprint density at radius 3 is 2.43 bits per heavy atom. The first-order valence-electron chi connectivity index (χ1n) is 14.2. The van der Waals surface area contributed by atoms with E-state index in [9.17, 15) is 27.5 Å². The highest BCUT2D eigenvalue weighted by molar-refractivity contribution is 6.31. The van der Waals surface area contributed by atoms with E-state index in [0.29, 0.717) is 36.4 Å². The third-order valence-electron chi connectivity index (χ3n) is 7.46. The van der Waals surface area contributed by atoms with Crippen LogP contribution in [0.15, 0.2) is 30.5 Å². The summed E-state index contributed by atoms with van der Waals surface area (Å²) in [5.74, 6) is -1.71. The smallest absolute Gasteiger partial charge is 0.421 e. The Hall–Kier alpha value is -3.59. The first kappa shape index (κ1) is 35.3. The molecule has 1 amide bonds. The van der Waals surface area contributed by atoms with Crippen LogP contribution < -0.4 is 25.6 Å². The highest BCUT2D eigenvalue weighted by Gasteiger charge is 2.36. The van der Waals surface area contributed by atoms with Crippen molar-refractivity contribution < 1.29 is 32.2 Å². The molecule has 1 aliphatic heterocycles. The van der Waals surface area contributed by atoms with Crippen molar-refractivity contribution in [1.29, 1.82) is 0 Å². The second-order valence-corrected chi connectivity index (χ2v) is 12.3. The van der Waals surface area contributed by atoms with Gasteiger partial charge in [-0.3, -0.25) is 4.79 Å². The fraction of sp³-hybridized carbons (Fsp3) is 0.433. The summed E-state index contributed by atoms with van der Waals surface area (Å²) in [5, 5.41) is 18.5. The van der Waals surface area contributed by atoms with Gasteiger partial charge in [-0.1, -0.05) is 11.6 Å². The van der Waals surface area contributed by atoms with E-state index in [1.54, 1.807) is 12.1 Å². The molecule has 10 nitrogen and oxygen atoms in total. The number of carbonyl (C=O) groups is 1. The van der Waals surface area contributed by atoms with Gasteiger partial charge in [0.2, 0.25) is 11.9 Å². The fourth-order valence-electron chi connectivity index (χ4n) is 5.03. The second-order valence-electron chi connectivity index (χ2n) is 11.5. The predicted molar refractivity (Wildman–Crippen MR) is 172 cm³/mol. The highest BCUT2D eigenvalue weighted by Crippen LogP contribution is 2.42. The highest BCUT2D eigenvalue weighted by atomic mass is 35.5. The largest absolute Gasteiger partial charge is 0.494 e. The Morgan fingerprint density at radius 1 is 1.13 bits per heavy atom. The molecule has 250 valence electrons. The van der Waals surface area contributed by atoms with Gasteiger partial charge in [-0.15, -0.1) is 11.6 Å². The molecular formula is C30H35Cl2F4N7O3. The van der Waals surface area contributed by atoms with Crippen LogP contribution in [0.1, 0.15) is 37.8 Å². The topological polar surface area (TPSA) is 115 Å². The number of alkyl halides is 4. The first-order chi connectivity index (χ1) is 21.5. The van der Waals surface area contributed by atoms with Crippen LogP contribution in [0.25, 0.3) is 0 Å². The summed E-state index contributed by atoms with van der Waals surface area (Å²) in [6.07, 6.45) is -3.33. The predicted octanol–water partition coefficient (Wildman–Crippen LogP) is 6.72. The van der Waals surface area contributed by atoms with E-state index in [4.69, 9.17) is 27.9 Å². The van der Waals surface area contributed by atoms with Gasteiger partial charge in [-0.2, -0.15) is 18.2 Å². The summed E-state index contributed by atoms with van der Waals surface area (Å²) >= 11 is 11.7. The van der Waals surface area contributed by atoms with Crippen molar-refractivity contribution >= 4 is 63.6 Å². The number of anilines is 6. The molecule has 4 N–H and O–H groups in total. The molecule has 1 saturated heterocycles. The normalized spacial score (nSPS) is 15.3. The summed E-state index contributed by atoms with van der Waals surface area (Å²) in [5.41, 5.74) is -1.65. The zero-order valence-electron chi connectivity index (χ0n) is 25.8. The van der Waals surface area contributed by atoms with Gasteiger partial charge in [0.15, 0.2) is 0 Å². The number of nitrogens with zero attached hydrogens (tertiary/aromatic N) is 4. The van der Waals surface area contributed by atoms with Crippen LogP contribution >= 0.6 is 23.2 Å². The number of likely N-dealkylation sites (N-methyl/N-ethyl adjacent to an activating group) is 1. The van der Waals surface area contributed by atoms with Crippen LogP contribution in [0, 0.1) is 5.82 Å². The lowest BCUT2D eigenvalue weighted by atomic mass is 9.96. The zero-order valence-corrected chi connectivity index (χ0v) is 27.3. The summed E-state index contributed by atoms with van der Waals surface area (Å²) < 4.78 is 62.1. The maximum absolute atomic E-state index is 14.3. The number of aliphatic hydroxyl groups is 1. The average molecular weight is 689 g/mol. The molecule has 0 spiro atoms. The van der Waals surface area contributed by atoms with Gasteiger partial charge in [0.1, 0.15) is 22.9 Å². The van der Waals surface area contributed by atoms with E-state index in [-0.39, 0.29) is 52.2 Å². The van der Waals surface area contributed by atoms with Crippen LogP contribution in [-0.2, 0) is 16.6 Å². The van der Waals surface area contributed by atoms with Crippen LogP contribution in [0.2, 0.25) is 5.02 Å². The maximum Gasteiger partial charge on any atom is 0.421 e. The van der Waals surface area contributed by atoms with Crippen molar-refractivity contribution in [2.75, 3.05) is 61.0 Å². The standard InChI is InChI=1S/C30H35Cl2F4N7O3/c1-29(2,45)17-10-20(33)19(32)11-21(17)39-27-18(30(34,35)36)14-37-28(41-27)40-23-12-22(38-26(44)6-8-31)24(13-25(23)46-5)43-9-7-16(15-43)42(3)4/h10-14,16,45H,6-9,15H2,1-5H3,(H,38,44)(H2,37,39,40,41)/t16-/m1/s1. The van der Waals surface area contributed by atoms with Gasteiger partial charge in [0.05, 0.1) is 34.8 Å². The number of amides is 1. The fourth-order valence-corrected chi connectivity index (χ4v) is 5.36. The van der Waals surface area contributed by atoms with Gasteiger partial charge in [-0.25, -0.2) is 9.37 Å². The Bertz CT molecular complexity index is 1590. The maximum atomic E-state index is 14.3. The van der Waals surface area contributed by atoms with E-state index in [0.717, 1.165) is 18.6 Å². The lowest BCUT2D eigenvalue weighted by Crippen LogP contribution is -2.31. The molecule has 1 aromatic heterocycles. The van der Waals surface area contributed by atoms with E-state index >= 15 is 0 Å². The van der Waals surface area contributed by atoms with Crippen molar-refractivity contribution in [3.05, 3.63) is 52.4 Å². The average Bonchev–Trinajstić information content (AvgIpc) is 3.45. The van der Waals surface area contributed by atoms with Gasteiger partial charge in [-0.05, 0) is 52.6 Å². The summed E-state index contributed by atoms with van der Waals surface area (Å²) in [7, 11) is 5.42. The Morgan fingerprint density at radius 2 is 1.85 bits per heavy atom. The molecule has 1 atom stereocenters. The summed E-state index contributed by atoms with van der Waals surface area (Å²) in [6, 6.07) is 5.59. The van der Waals surface area contributed by atoms with E-state index in [1.807, 2.05) is 14.1 Å². The zero-order chi connectivity index (χ0) is 34.0. The molecule has 2 heterocycles. The Balaban J connectivity index is 1.77. The summed E-state index contributed by atoms with van der Waals surface area (Å²) in [4.78, 5) is 24.8. The minimum Gasteiger partial charge on any atom is -0.494 e. The number of benzene rings is 2. The molecule has 0 unspecified atom stereocenters. The third kappa shape index (κ3) is 8.21. The van der Waals surface area contributed by atoms with Crippen molar-refractivity contribution in [1.82, 2.24) is 14.9 Å². The van der Waals surface area contributed by atoms with Crippen molar-refractivity contribution in [2.45, 2.75) is 44.5 Å². The van der Waals surface area contributed by atoms with Crippen LogP contribution in [-0.4, -0.2) is 72.1 Å². The minimum absolute atomic E-state index is 0.0522. The lowest BCUT2D eigenvalue weighted by Gasteiger charge is -2.26. The SMILES string of the molecule is COc1cc(N2CC[C@@H](N(C)C)C2)c(NC(=O)CCCl)cc1Nc1ncc(C(F)(F)F)c(Nc2cc(Cl)c(F)cc2C(C)(C)O)n1. The molecule has 1 fully saturated rings. The number of ether oxygens (including phenoxy) is 1. The number of halogens is 6. The van der Waals surface area contributed by atoms with Crippen molar-refractivity contribution in [3.8, 4) is 5.75 Å². The van der Waals surface area contributed by atoms with Gasteiger partial charge in [0, 0.05) is 54.9 Å². The number of aromatic nitrogens is 2. The Labute approximate surface area is 274 Å². The molecule has 0 radical (unpaired) electrons. The molecule has 4 rings (SSSR count). The molecule has 0 bridgehead atoms. The number of rotatable bonds is 11. The second kappa shape index (κ2) is 14.0. The first-order valence-corrected chi connectivity index (χ1v) is 15.1. The van der Waals surface area contributed by atoms with Crippen LogP contribution in [0.3, 0.4) is 0 Å². The monoisotopic (exact) mass is 687 g/mol. The van der Waals surface area contributed by atoms with E-state index in [1.165, 1.54) is 21.0 Å². The molecular weight excluding hydrogens is 653 g/mol. The van der Waals surface area contributed by atoms with Gasteiger partial charge >= 0.3 is 6.18 Å². The molecule has 3 aromatic rings. The minimum atomic E-state index is -4.88. The van der Waals surface area contributed by atoms with Crippen molar-refractivity contribution in [2.24, 2.45) is 0 Å². The molecule has 2 aromatic carbocycles. The molecule has 16 heteroatoms.